The Morgan fingerprint density at radius 1 is 1.12 bits per heavy atom. The van der Waals surface area contributed by atoms with Crippen LogP contribution in [0.3, 0.4) is 0 Å². The molecule has 4 rings (SSSR count). The van der Waals surface area contributed by atoms with E-state index in [1.807, 2.05) is 12.1 Å². The first-order valence-corrected chi connectivity index (χ1v) is 13.4. The van der Waals surface area contributed by atoms with Gasteiger partial charge in [0.25, 0.3) is 0 Å². The van der Waals surface area contributed by atoms with Gasteiger partial charge < -0.3 is 15.4 Å². The molecule has 2 aromatic rings. The summed E-state index contributed by atoms with van der Waals surface area (Å²) < 4.78 is 31.0. The highest BCUT2D eigenvalue weighted by molar-refractivity contribution is 7.92. The molecule has 7 heteroatoms. The van der Waals surface area contributed by atoms with Crippen molar-refractivity contribution in [2.75, 3.05) is 31.3 Å². The number of fused-ring (bicyclic) bond motifs is 1. The number of benzene rings is 2. The summed E-state index contributed by atoms with van der Waals surface area (Å²) in [6.07, 6.45) is 6.37. The summed E-state index contributed by atoms with van der Waals surface area (Å²) in [5.41, 5.74) is 2.92. The second-order valence-corrected chi connectivity index (χ2v) is 11.2. The largest absolute Gasteiger partial charge is 0.496 e. The number of nitrogens with one attached hydrogen (secondary N) is 2. The Kier molecular flexibility index (Phi) is 7.08. The number of piperidine rings is 1. The summed E-state index contributed by atoms with van der Waals surface area (Å²) in [6.45, 7) is 1.69. The Labute approximate surface area is 192 Å². The van der Waals surface area contributed by atoms with E-state index in [-0.39, 0.29) is 6.04 Å². The number of nitrogens with zero attached hydrogens (tertiary/aromatic N) is 1. The highest BCUT2D eigenvalue weighted by Crippen LogP contribution is 2.40. The molecule has 2 aliphatic rings. The van der Waals surface area contributed by atoms with E-state index in [2.05, 4.69) is 41.0 Å². The fraction of sp³-hybridized carbons (Fsp3) is 0.520. The topological polar surface area (TPSA) is 70.7 Å². The van der Waals surface area contributed by atoms with Crippen LogP contribution < -0.4 is 19.7 Å². The molecule has 2 fully saturated rings. The molecule has 2 N–H and O–H groups in total. The Hall–Kier alpha value is -2.09. The van der Waals surface area contributed by atoms with E-state index in [9.17, 15) is 8.42 Å². The van der Waals surface area contributed by atoms with Gasteiger partial charge in [-0.2, -0.15) is 0 Å². The van der Waals surface area contributed by atoms with Gasteiger partial charge in [0.1, 0.15) is 5.75 Å². The Morgan fingerprint density at radius 3 is 2.59 bits per heavy atom. The number of hydrogen-bond donors (Lipinski definition) is 2. The molecular formula is C25H35N3O3S. The van der Waals surface area contributed by atoms with Crippen molar-refractivity contribution in [1.82, 2.24) is 10.6 Å². The molecule has 1 saturated carbocycles. The van der Waals surface area contributed by atoms with E-state index in [0.717, 1.165) is 17.9 Å². The lowest BCUT2D eigenvalue weighted by Gasteiger charge is -2.47. The third-order valence-corrected chi connectivity index (χ3v) is 8.41. The molecule has 1 aliphatic carbocycles. The maximum absolute atomic E-state index is 12.0. The number of anilines is 1. The lowest BCUT2D eigenvalue weighted by atomic mass is 9.69. The second kappa shape index (κ2) is 9.81. The molecule has 0 bridgehead atoms. The van der Waals surface area contributed by atoms with Crippen molar-refractivity contribution < 1.29 is 13.2 Å². The third-order valence-electron chi connectivity index (χ3n) is 7.20. The van der Waals surface area contributed by atoms with Crippen molar-refractivity contribution in [3.05, 3.63) is 59.7 Å². The van der Waals surface area contributed by atoms with E-state index < -0.39 is 10.0 Å². The fourth-order valence-corrected chi connectivity index (χ4v) is 5.88. The van der Waals surface area contributed by atoms with Gasteiger partial charge in [-0.3, -0.25) is 4.31 Å². The van der Waals surface area contributed by atoms with Crippen LogP contribution in [-0.2, 0) is 16.6 Å². The first kappa shape index (κ1) is 23.1. The molecule has 32 heavy (non-hydrogen) atoms. The standard InChI is InChI=1S/C25H35N3O3S/c1-28(32(3,29)30)21-13-14-23(31-2)20(15-21)17-27-25-22-12-8-7-11-19(22)16-26-24(25)18-9-5-4-6-10-18/h4-6,9-10,13-15,19,22,24-27H,7-8,11-12,16-17H2,1-3H3. The summed E-state index contributed by atoms with van der Waals surface area (Å²) in [5, 5.41) is 7.67. The molecule has 0 amide bonds. The second-order valence-electron chi connectivity index (χ2n) is 9.14. The predicted octanol–water partition coefficient (Wildman–Crippen LogP) is 3.70. The van der Waals surface area contributed by atoms with Crippen LogP contribution >= 0.6 is 0 Å². The molecule has 0 aromatic heterocycles. The zero-order valence-corrected chi connectivity index (χ0v) is 20.1. The molecule has 4 unspecified atom stereocenters. The van der Waals surface area contributed by atoms with Crippen LogP contribution in [0.4, 0.5) is 5.69 Å². The van der Waals surface area contributed by atoms with Crippen LogP contribution in [0.15, 0.2) is 48.5 Å². The lowest BCUT2D eigenvalue weighted by Crippen LogP contribution is -2.55. The van der Waals surface area contributed by atoms with Gasteiger partial charge in [-0.05, 0) is 55.0 Å². The number of hydrogen-bond acceptors (Lipinski definition) is 5. The van der Waals surface area contributed by atoms with E-state index >= 15 is 0 Å². The van der Waals surface area contributed by atoms with Crippen LogP contribution in [-0.4, -0.2) is 41.4 Å². The minimum Gasteiger partial charge on any atom is -0.496 e. The van der Waals surface area contributed by atoms with Crippen molar-refractivity contribution in [3.8, 4) is 5.75 Å². The number of sulfonamides is 1. The van der Waals surface area contributed by atoms with E-state index in [1.165, 1.54) is 41.8 Å². The SMILES string of the molecule is COc1ccc(N(C)S(C)(=O)=O)cc1CNC1C(c2ccccc2)NCC2CCCCC21. The van der Waals surface area contributed by atoms with Gasteiger partial charge in [0.2, 0.25) is 10.0 Å². The summed E-state index contributed by atoms with van der Waals surface area (Å²) in [4.78, 5) is 0. The fourth-order valence-electron chi connectivity index (χ4n) is 5.39. The van der Waals surface area contributed by atoms with Gasteiger partial charge in [-0.15, -0.1) is 0 Å². The normalized spacial score (nSPS) is 25.7. The monoisotopic (exact) mass is 457 g/mol. The van der Waals surface area contributed by atoms with Gasteiger partial charge in [0, 0.05) is 31.2 Å². The third kappa shape index (κ3) is 4.95. The summed E-state index contributed by atoms with van der Waals surface area (Å²) in [5.74, 6) is 2.09. The zero-order valence-electron chi connectivity index (χ0n) is 19.3. The van der Waals surface area contributed by atoms with Gasteiger partial charge >= 0.3 is 0 Å². The van der Waals surface area contributed by atoms with Crippen molar-refractivity contribution in [2.24, 2.45) is 11.8 Å². The maximum Gasteiger partial charge on any atom is 0.231 e. The molecule has 1 heterocycles. The first-order valence-electron chi connectivity index (χ1n) is 11.5. The molecule has 6 nitrogen and oxygen atoms in total. The molecule has 0 spiro atoms. The molecule has 0 radical (unpaired) electrons. The van der Waals surface area contributed by atoms with Crippen LogP contribution in [0.25, 0.3) is 0 Å². The van der Waals surface area contributed by atoms with Crippen LogP contribution in [0.2, 0.25) is 0 Å². The Bertz CT molecular complexity index is 1010. The van der Waals surface area contributed by atoms with Gasteiger partial charge in [0.05, 0.1) is 19.1 Å². The van der Waals surface area contributed by atoms with E-state index in [4.69, 9.17) is 4.74 Å². The van der Waals surface area contributed by atoms with Crippen molar-refractivity contribution in [2.45, 2.75) is 44.3 Å². The van der Waals surface area contributed by atoms with Crippen molar-refractivity contribution >= 4 is 15.7 Å². The van der Waals surface area contributed by atoms with Gasteiger partial charge in [-0.25, -0.2) is 8.42 Å². The summed E-state index contributed by atoms with van der Waals surface area (Å²) >= 11 is 0. The molecule has 174 valence electrons. The maximum atomic E-state index is 12.0. The van der Waals surface area contributed by atoms with Gasteiger partial charge in [-0.1, -0.05) is 43.2 Å². The summed E-state index contributed by atoms with van der Waals surface area (Å²) in [7, 11) is -0.0877. The van der Waals surface area contributed by atoms with E-state index in [1.54, 1.807) is 20.2 Å². The molecule has 1 saturated heterocycles. The molecular weight excluding hydrogens is 422 g/mol. The number of methoxy groups -OCH3 is 1. The molecule has 2 aromatic carbocycles. The van der Waals surface area contributed by atoms with Crippen molar-refractivity contribution in [1.29, 1.82) is 0 Å². The lowest BCUT2D eigenvalue weighted by molar-refractivity contribution is 0.104. The van der Waals surface area contributed by atoms with E-state index in [0.29, 0.717) is 30.1 Å². The minimum absolute atomic E-state index is 0.253. The average Bonchev–Trinajstić information content (AvgIpc) is 2.81. The van der Waals surface area contributed by atoms with Gasteiger partial charge in [0.15, 0.2) is 0 Å². The van der Waals surface area contributed by atoms with Crippen LogP contribution in [0.1, 0.15) is 42.9 Å². The first-order chi connectivity index (χ1) is 15.4. The molecule has 1 aliphatic heterocycles. The summed E-state index contributed by atoms with van der Waals surface area (Å²) in [6, 6.07) is 16.8. The van der Waals surface area contributed by atoms with Crippen molar-refractivity contribution in [3.63, 3.8) is 0 Å². The Balaban J connectivity index is 1.60. The molecule has 4 atom stereocenters. The number of ether oxygens (including phenoxy) is 1. The Morgan fingerprint density at radius 2 is 1.88 bits per heavy atom. The quantitative estimate of drug-likeness (QED) is 0.663. The van der Waals surface area contributed by atoms with Crippen LogP contribution in [0.5, 0.6) is 5.75 Å². The minimum atomic E-state index is -3.33. The predicted molar refractivity (Wildman–Crippen MR) is 130 cm³/mol. The van der Waals surface area contributed by atoms with Crippen LogP contribution in [0, 0.1) is 11.8 Å². The highest BCUT2D eigenvalue weighted by atomic mass is 32.2. The smallest absolute Gasteiger partial charge is 0.231 e. The highest BCUT2D eigenvalue weighted by Gasteiger charge is 2.40. The zero-order chi connectivity index (χ0) is 22.7. The average molecular weight is 458 g/mol. The number of rotatable bonds is 7.